The van der Waals surface area contributed by atoms with Gasteiger partial charge < -0.3 is 10.4 Å². The van der Waals surface area contributed by atoms with Crippen molar-refractivity contribution in [3.8, 4) is 0 Å². The number of carboxylic acid groups (broad SMARTS) is 1. The average Bonchev–Trinajstić information content (AvgIpc) is 3.06. The molecule has 5 nitrogen and oxygen atoms in total. The van der Waals surface area contributed by atoms with Gasteiger partial charge in [-0.15, -0.1) is 22.7 Å². The Kier molecular flexibility index (Phi) is 4.03. The molecule has 0 aromatic carbocycles. The van der Waals surface area contributed by atoms with Crippen molar-refractivity contribution in [2.75, 3.05) is 5.32 Å². The standard InChI is InChI=1S/C14H14N2O3S2/c17-12(18)6-8-7-21-14(15-8)16-13(19)10-2-1-3-11-9(10)4-5-20-11/h4-5,7,10H,1-3,6H2,(H,17,18)(H,15,16,19). The van der Waals surface area contributed by atoms with E-state index in [1.54, 1.807) is 16.7 Å². The summed E-state index contributed by atoms with van der Waals surface area (Å²) in [5.74, 6) is -1.09. The first-order chi connectivity index (χ1) is 10.1. The number of aromatic nitrogens is 1. The minimum atomic E-state index is -0.923. The van der Waals surface area contributed by atoms with Gasteiger partial charge in [0.25, 0.3) is 0 Å². The minimum Gasteiger partial charge on any atom is -0.481 e. The first-order valence-electron chi connectivity index (χ1n) is 6.67. The maximum Gasteiger partial charge on any atom is 0.309 e. The Morgan fingerprint density at radius 1 is 1.43 bits per heavy atom. The molecule has 1 atom stereocenters. The van der Waals surface area contributed by atoms with Gasteiger partial charge >= 0.3 is 5.97 Å². The Labute approximate surface area is 129 Å². The molecule has 1 unspecified atom stereocenters. The first-order valence-corrected chi connectivity index (χ1v) is 8.42. The van der Waals surface area contributed by atoms with Crippen LogP contribution in [-0.4, -0.2) is 22.0 Å². The largest absolute Gasteiger partial charge is 0.481 e. The Morgan fingerprint density at radius 3 is 3.10 bits per heavy atom. The van der Waals surface area contributed by atoms with Crippen LogP contribution in [0.25, 0.3) is 0 Å². The van der Waals surface area contributed by atoms with Crippen molar-refractivity contribution < 1.29 is 14.7 Å². The van der Waals surface area contributed by atoms with Crippen LogP contribution in [0.15, 0.2) is 16.8 Å². The lowest BCUT2D eigenvalue weighted by atomic mass is 9.87. The van der Waals surface area contributed by atoms with Crippen LogP contribution in [0.1, 0.15) is 34.9 Å². The van der Waals surface area contributed by atoms with Crippen molar-refractivity contribution in [3.05, 3.63) is 33.0 Å². The number of hydrogen-bond donors (Lipinski definition) is 2. The summed E-state index contributed by atoms with van der Waals surface area (Å²) in [6.07, 6.45) is 2.80. The third-order valence-electron chi connectivity index (χ3n) is 3.48. The predicted octanol–water partition coefficient (Wildman–Crippen LogP) is 2.89. The highest BCUT2D eigenvalue weighted by molar-refractivity contribution is 7.14. The van der Waals surface area contributed by atoms with Crippen molar-refractivity contribution in [1.29, 1.82) is 0 Å². The van der Waals surface area contributed by atoms with Crippen molar-refractivity contribution >= 4 is 39.7 Å². The van der Waals surface area contributed by atoms with Crippen molar-refractivity contribution in [2.45, 2.75) is 31.6 Å². The van der Waals surface area contributed by atoms with E-state index in [4.69, 9.17) is 5.11 Å². The summed E-state index contributed by atoms with van der Waals surface area (Å²) < 4.78 is 0. The quantitative estimate of drug-likeness (QED) is 0.907. The van der Waals surface area contributed by atoms with E-state index >= 15 is 0 Å². The minimum absolute atomic E-state index is 0.0504. The monoisotopic (exact) mass is 322 g/mol. The van der Waals surface area contributed by atoms with Crippen LogP contribution in [0.2, 0.25) is 0 Å². The van der Waals surface area contributed by atoms with Crippen molar-refractivity contribution in [2.24, 2.45) is 0 Å². The van der Waals surface area contributed by atoms with E-state index < -0.39 is 5.97 Å². The molecule has 0 saturated heterocycles. The molecule has 110 valence electrons. The third kappa shape index (κ3) is 3.14. The van der Waals surface area contributed by atoms with E-state index in [0.717, 1.165) is 24.8 Å². The highest BCUT2D eigenvalue weighted by Crippen LogP contribution is 2.35. The van der Waals surface area contributed by atoms with Gasteiger partial charge in [-0.05, 0) is 36.3 Å². The number of thiophene rings is 1. The molecule has 1 aliphatic rings. The number of aliphatic carboxylic acids is 1. The van der Waals surface area contributed by atoms with Gasteiger partial charge in [0.2, 0.25) is 5.91 Å². The maximum atomic E-state index is 12.4. The van der Waals surface area contributed by atoms with E-state index in [0.29, 0.717) is 10.8 Å². The van der Waals surface area contributed by atoms with Gasteiger partial charge in [-0.2, -0.15) is 0 Å². The first kappa shape index (κ1) is 14.2. The molecule has 2 N–H and O–H groups in total. The molecule has 21 heavy (non-hydrogen) atoms. The number of aryl methyl sites for hydroxylation is 1. The molecule has 0 saturated carbocycles. The van der Waals surface area contributed by atoms with Crippen molar-refractivity contribution in [3.63, 3.8) is 0 Å². The van der Waals surface area contributed by atoms with Crippen LogP contribution < -0.4 is 5.32 Å². The fraction of sp³-hybridized carbons (Fsp3) is 0.357. The number of amides is 1. The lowest BCUT2D eigenvalue weighted by Gasteiger charge is -2.21. The molecule has 2 aromatic heterocycles. The molecule has 2 aromatic rings. The summed E-state index contributed by atoms with van der Waals surface area (Å²) >= 11 is 2.97. The molecular weight excluding hydrogens is 308 g/mol. The van der Waals surface area contributed by atoms with Gasteiger partial charge in [0.05, 0.1) is 18.0 Å². The summed E-state index contributed by atoms with van der Waals surface area (Å²) in [6.45, 7) is 0. The van der Waals surface area contributed by atoms with Crippen LogP contribution in [-0.2, 0) is 22.4 Å². The van der Waals surface area contributed by atoms with E-state index in [2.05, 4.69) is 10.3 Å². The Balaban J connectivity index is 1.70. The number of anilines is 1. The number of thiazole rings is 1. The SMILES string of the molecule is O=C(O)Cc1csc(NC(=O)C2CCCc3sccc32)n1. The summed E-state index contributed by atoms with van der Waals surface area (Å²) in [5, 5.41) is 15.7. The smallest absolute Gasteiger partial charge is 0.309 e. The van der Waals surface area contributed by atoms with E-state index in [1.165, 1.54) is 16.2 Å². The van der Waals surface area contributed by atoms with Gasteiger partial charge in [0.15, 0.2) is 5.13 Å². The summed E-state index contributed by atoms with van der Waals surface area (Å²) in [6, 6.07) is 2.03. The molecule has 0 spiro atoms. The van der Waals surface area contributed by atoms with E-state index in [1.807, 2.05) is 11.4 Å². The zero-order valence-electron chi connectivity index (χ0n) is 11.2. The molecule has 1 amide bonds. The molecule has 3 rings (SSSR count). The highest BCUT2D eigenvalue weighted by Gasteiger charge is 2.27. The zero-order chi connectivity index (χ0) is 14.8. The third-order valence-corrected chi connectivity index (χ3v) is 5.29. The lowest BCUT2D eigenvalue weighted by Crippen LogP contribution is -2.23. The number of nitrogens with zero attached hydrogens (tertiary/aromatic N) is 1. The molecular formula is C14H14N2O3S2. The number of carbonyl (C=O) groups is 2. The Bertz CT molecular complexity index is 677. The number of nitrogens with one attached hydrogen (secondary N) is 1. The number of carbonyl (C=O) groups excluding carboxylic acids is 1. The number of carboxylic acids is 1. The van der Waals surface area contributed by atoms with Crippen LogP contribution in [0.3, 0.4) is 0 Å². The van der Waals surface area contributed by atoms with Crippen molar-refractivity contribution in [1.82, 2.24) is 4.98 Å². The zero-order valence-corrected chi connectivity index (χ0v) is 12.8. The van der Waals surface area contributed by atoms with Crippen LogP contribution in [0, 0.1) is 0 Å². The normalized spacial score (nSPS) is 17.2. The Morgan fingerprint density at radius 2 is 2.29 bits per heavy atom. The summed E-state index contributed by atoms with van der Waals surface area (Å²) in [7, 11) is 0. The van der Waals surface area contributed by atoms with Gasteiger partial charge in [-0.25, -0.2) is 4.98 Å². The maximum absolute atomic E-state index is 12.4. The molecule has 0 aliphatic heterocycles. The van der Waals surface area contributed by atoms with E-state index in [-0.39, 0.29) is 18.2 Å². The number of rotatable bonds is 4. The van der Waals surface area contributed by atoms with E-state index in [9.17, 15) is 9.59 Å². The molecule has 7 heteroatoms. The average molecular weight is 322 g/mol. The lowest BCUT2D eigenvalue weighted by molar-refractivity contribution is -0.136. The second kappa shape index (κ2) is 5.95. The second-order valence-electron chi connectivity index (χ2n) is 4.95. The summed E-state index contributed by atoms with van der Waals surface area (Å²) in [5.41, 5.74) is 1.61. The molecule has 2 heterocycles. The van der Waals surface area contributed by atoms with Crippen LogP contribution >= 0.6 is 22.7 Å². The van der Waals surface area contributed by atoms with Gasteiger partial charge in [-0.3, -0.25) is 9.59 Å². The molecule has 0 bridgehead atoms. The fourth-order valence-corrected chi connectivity index (χ4v) is 4.25. The Hall–Kier alpha value is -1.73. The van der Waals surface area contributed by atoms with Gasteiger partial charge in [-0.1, -0.05) is 0 Å². The van der Waals surface area contributed by atoms with Crippen LogP contribution in [0.4, 0.5) is 5.13 Å². The highest BCUT2D eigenvalue weighted by atomic mass is 32.1. The van der Waals surface area contributed by atoms with Crippen LogP contribution in [0.5, 0.6) is 0 Å². The molecule has 0 fully saturated rings. The fourth-order valence-electron chi connectivity index (χ4n) is 2.55. The van der Waals surface area contributed by atoms with Gasteiger partial charge in [0, 0.05) is 10.3 Å². The molecule has 1 aliphatic carbocycles. The summed E-state index contributed by atoms with van der Waals surface area (Å²) in [4.78, 5) is 28.5. The number of hydrogen-bond acceptors (Lipinski definition) is 5. The predicted molar refractivity (Wildman–Crippen MR) is 82.1 cm³/mol. The second-order valence-corrected chi connectivity index (χ2v) is 6.81. The van der Waals surface area contributed by atoms with Gasteiger partial charge in [0.1, 0.15) is 0 Å². The topological polar surface area (TPSA) is 79.3 Å². The molecule has 0 radical (unpaired) electrons. The number of fused-ring (bicyclic) bond motifs is 1.